The van der Waals surface area contributed by atoms with Gasteiger partial charge < -0.3 is 16.0 Å². The van der Waals surface area contributed by atoms with Gasteiger partial charge in [-0.25, -0.2) is 0 Å². The highest BCUT2D eigenvalue weighted by molar-refractivity contribution is 5.81. The molecule has 0 aliphatic rings. The van der Waals surface area contributed by atoms with Crippen LogP contribution in [0.2, 0.25) is 0 Å². The van der Waals surface area contributed by atoms with E-state index in [2.05, 4.69) is 45.0 Å². The molecule has 1 unspecified atom stereocenters. The second-order valence-electron chi connectivity index (χ2n) is 5.45. The number of nitrogens with zero attached hydrogens (tertiary/aromatic N) is 1. The molecule has 0 aromatic rings. The average molecular weight is 243 g/mol. The third kappa shape index (κ3) is 8.16. The molecule has 0 aromatic carbocycles. The van der Waals surface area contributed by atoms with Crippen LogP contribution in [0, 0.1) is 5.92 Å². The Balaban J connectivity index is 3.64. The number of amides is 1. The molecule has 1 amide bonds. The fraction of sp³-hybridized carbons (Fsp3) is 0.923. The van der Waals surface area contributed by atoms with Crippen LogP contribution in [0.4, 0.5) is 0 Å². The summed E-state index contributed by atoms with van der Waals surface area (Å²) >= 11 is 0. The SMILES string of the molecule is CC(C)CC(N)C(=O)NCCCN(C)C(C)C. The lowest BCUT2D eigenvalue weighted by Gasteiger charge is -2.21. The highest BCUT2D eigenvalue weighted by Crippen LogP contribution is 2.02. The first-order valence-corrected chi connectivity index (χ1v) is 6.58. The fourth-order valence-electron chi connectivity index (χ4n) is 1.54. The first-order chi connectivity index (χ1) is 7.84. The topological polar surface area (TPSA) is 58.4 Å². The van der Waals surface area contributed by atoms with E-state index in [4.69, 9.17) is 5.73 Å². The predicted octanol–water partition coefficient (Wildman–Crippen LogP) is 1.21. The number of nitrogens with one attached hydrogen (secondary N) is 1. The Kier molecular flexibility index (Phi) is 8.17. The molecule has 0 aliphatic heterocycles. The molecular weight excluding hydrogens is 214 g/mol. The molecule has 4 heteroatoms. The summed E-state index contributed by atoms with van der Waals surface area (Å²) in [5.74, 6) is 0.439. The van der Waals surface area contributed by atoms with Gasteiger partial charge in [0, 0.05) is 12.6 Å². The van der Waals surface area contributed by atoms with Gasteiger partial charge in [-0.15, -0.1) is 0 Å². The Morgan fingerprint density at radius 2 is 1.88 bits per heavy atom. The molecule has 0 aromatic heterocycles. The van der Waals surface area contributed by atoms with E-state index in [1.165, 1.54) is 0 Å². The third-order valence-corrected chi connectivity index (χ3v) is 2.93. The van der Waals surface area contributed by atoms with Crippen molar-refractivity contribution in [1.29, 1.82) is 0 Å². The number of hydrogen-bond donors (Lipinski definition) is 2. The quantitative estimate of drug-likeness (QED) is 0.630. The molecular formula is C13H29N3O. The van der Waals surface area contributed by atoms with Gasteiger partial charge in [-0.2, -0.15) is 0 Å². The van der Waals surface area contributed by atoms with Crippen molar-refractivity contribution in [1.82, 2.24) is 10.2 Å². The second kappa shape index (κ2) is 8.48. The summed E-state index contributed by atoms with van der Waals surface area (Å²) < 4.78 is 0. The maximum atomic E-state index is 11.6. The van der Waals surface area contributed by atoms with Gasteiger partial charge in [0.1, 0.15) is 0 Å². The molecule has 0 fully saturated rings. The van der Waals surface area contributed by atoms with E-state index in [1.807, 2.05) is 0 Å². The zero-order valence-corrected chi connectivity index (χ0v) is 12.0. The molecule has 1 atom stereocenters. The summed E-state index contributed by atoms with van der Waals surface area (Å²) in [6, 6.07) is 0.187. The summed E-state index contributed by atoms with van der Waals surface area (Å²) in [7, 11) is 2.09. The second-order valence-corrected chi connectivity index (χ2v) is 5.45. The van der Waals surface area contributed by atoms with E-state index in [0.717, 1.165) is 19.4 Å². The molecule has 102 valence electrons. The zero-order chi connectivity index (χ0) is 13.4. The van der Waals surface area contributed by atoms with Crippen LogP contribution < -0.4 is 11.1 Å². The van der Waals surface area contributed by atoms with E-state index >= 15 is 0 Å². The Morgan fingerprint density at radius 1 is 1.29 bits per heavy atom. The van der Waals surface area contributed by atoms with Crippen LogP contribution in [0.15, 0.2) is 0 Å². The monoisotopic (exact) mass is 243 g/mol. The standard InChI is InChI=1S/C13H29N3O/c1-10(2)9-12(14)13(17)15-7-6-8-16(5)11(3)4/h10-12H,6-9,14H2,1-5H3,(H,15,17). The minimum Gasteiger partial charge on any atom is -0.355 e. The van der Waals surface area contributed by atoms with Gasteiger partial charge in [0.05, 0.1) is 6.04 Å². The lowest BCUT2D eigenvalue weighted by molar-refractivity contribution is -0.122. The van der Waals surface area contributed by atoms with Crippen molar-refractivity contribution in [2.24, 2.45) is 11.7 Å². The molecule has 0 saturated heterocycles. The maximum absolute atomic E-state index is 11.6. The summed E-state index contributed by atoms with van der Waals surface area (Å²) in [5.41, 5.74) is 5.79. The molecule has 0 spiro atoms. The van der Waals surface area contributed by atoms with Crippen LogP contribution in [0.5, 0.6) is 0 Å². The Hall–Kier alpha value is -0.610. The highest BCUT2D eigenvalue weighted by atomic mass is 16.2. The molecule has 0 radical (unpaired) electrons. The molecule has 3 N–H and O–H groups in total. The lowest BCUT2D eigenvalue weighted by atomic mass is 10.0. The van der Waals surface area contributed by atoms with Crippen LogP contribution in [0.3, 0.4) is 0 Å². The first-order valence-electron chi connectivity index (χ1n) is 6.58. The van der Waals surface area contributed by atoms with Gasteiger partial charge in [0.2, 0.25) is 5.91 Å². The average Bonchev–Trinajstić information content (AvgIpc) is 2.22. The van der Waals surface area contributed by atoms with Crippen molar-refractivity contribution in [3.63, 3.8) is 0 Å². The predicted molar refractivity (Wildman–Crippen MR) is 72.8 cm³/mol. The van der Waals surface area contributed by atoms with Crippen molar-refractivity contribution >= 4 is 5.91 Å². The molecule has 0 aliphatic carbocycles. The van der Waals surface area contributed by atoms with Crippen molar-refractivity contribution in [3.05, 3.63) is 0 Å². The number of nitrogens with two attached hydrogens (primary N) is 1. The number of carbonyl (C=O) groups is 1. The molecule has 0 rings (SSSR count). The van der Waals surface area contributed by atoms with E-state index < -0.39 is 0 Å². The van der Waals surface area contributed by atoms with Crippen LogP contribution in [-0.2, 0) is 4.79 Å². The van der Waals surface area contributed by atoms with Crippen molar-refractivity contribution in [2.45, 2.75) is 52.6 Å². The summed E-state index contributed by atoms with van der Waals surface area (Å²) in [6.45, 7) is 10.2. The Bertz CT molecular complexity index is 217. The summed E-state index contributed by atoms with van der Waals surface area (Å²) in [6.07, 6.45) is 1.71. The number of hydrogen-bond acceptors (Lipinski definition) is 3. The maximum Gasteiger partial charge on any atom is 0.236 e. The van der Waals surface area contributed by atoms with Crippen molar-refractivity contribution in [2.75, 3.05) is 20.1 Å². The van der Waals surface area contributed by atoms with Crippen molar-refractivity contribution in [3.8, 4) is 0 Å². The summed E-state index contributed by atoms with van der Waals surface area (Å²) in [4.78, 5) is 13.9. The number of carbonyl (C=O) groups excluding carboxylic acids is 1. The van der Waals surface area contributed by atoms with Gasteiger partial charge in [-0.1, -0.05) is 13.8 Å². The fourth-order valence-corrected chi connectivity index (χ4v) is 1.54. The highest BCUT2D eigenvalue weighted by Gasteiger charge is 2.14. The smallest absolute Gasteiger partial charge is 0.236 e. The normalized spacial score (nSPS) is 13.5. The van der Waals surface area contributed by atoms with E-state index in [1.54, 1.807) is 0 Å². The molecule has 17 heavy (non-hydrogen) atoms. The van der Waals surface area contributed by atoms with E-state index in [-0.39, 0.29) is 11.9 Å². The minimum absolute atomic E-state index is 0.0223. The lowest BCUT2D eigenvalue weighted by Crippen LogP contribution is -2.42. The number of rotatable bonds is 8. The summed E-state index contributed by atoms with van der Waals surface area (Å²) in [5, 5.41) is 2.89. The molecule has 0 bridgehead atoms. The Labute approximate surface area is 106 Å². The van der Waals surface area contributed by atoms with Gasteiger partial charge >= 0.3 is 0 Å². The molecule has 0 heterocycles. The minimum atomic E-state index is -0.363. The third-order valence-electron chi connectivity index (χ3n) is 2.93. The van der Waals surface area contributed by atoms with Gasteiger partial charge in [-0.05, 0) is 46.2 Å². The largest absolute Gasteiger partial charge is 0.355 e. The zero-order valence-electron chi connectivity index (χ0n) is 12.0. The van der Waals surface area contributed by atoms with Gasteiger partial charge in [0.25, 0.3) is 0 Å². The Morgan fingerprint density at radius 3 is 2.35 bits per heavy atom. The van der Waals surface area contributed by atoms with Crippen LogP contribution in [0.25, 0.3) is 0 Å². The van der Waals surface area contributed by atoms with Crippen LogP contribution in [0.1, 0.15) is 40.5 Å². The van der Waals surface area contributed by atoms with Gasteiger partial charge in [0.15, 0.2) is 0 Å². The van der Waals surface area contributed by atoms with E-state index in [9.17, 15) is 4.79 Å². The van der Waals surface area contributed by atoms with Gasteiger partial charge in [-0.3, -0.25) is 4.79 Å². The van der Waals surface area contributed by atoms with E-state index in [0.29, 0.717) is 18.5 Å². The molecule has 0 saturated carbocycles. The van der Waals surface area contributed by atoms with Crippen molar-refractivity contribution < 1.29 is 4.79 Å². The molecule has 4 nitrogen and oxygen atoms in total. The van der Waals surface area contributed by atoms with Crippen LogP contribution in [-0.4, -0.2) is 43.0 Å². The first kappa shape index (κ1) is 16.4. The van der Waals surface area contributed by atoms with Crippen LogP contribution >= 0.6 is 0 Å².